The van der Waals surface area contributed by atoms with E-state index >= 15 is 4.79 Å². The number of benzene rings is 4. The van der Waals surface area contributed by atoms with Gasteiger partial charge in [0.25, 0.3) is 11.8 Å². The monoisotopic (exact) mass is 750 g/mol. The van der Waals surface area contributed by atoms with E-state index in [1.54, 1.807) is 12.1 Å². The first-order valence-electron chi connectivity index (χ1n) is 18.7. The highest BCUT2D eigenvalue weighted by molar-refractivity contribution is 6.22. The molecule has 4 amide bonds. The second-order valence-electron chi connectivity index (χ2n) is 15.0. The highest BCUT2D eigenvalue weighted by atomic mass is 19.4. The minimum atomic E-state index is -4.56. The van der Waals surface area contributed by atoms with Crippen LogP contribution in [0.15, 0.2) is 97.1 Å². The number of hydrogen-bond donors (Lipinski definition) is 1. The van der Waals surface area contributed by atoms with Crippen LogP contribution in [-0.2, 0) is 39.9 Å². The highest BCUT2D eigenvalue weighted by Crippen LogP contribution is 2.47. The number of imide groups is 1. The number of carbonyl (C=O) groups excluding carboxylic acids is 4. The Morgan fingerprint density at radius 3 is 2.02 bits per heavy atom. The molecule has 1 saturated carbocycles. The summed E-state index contributed by atoms with van der Waals surface area (Å²) in [6.07, 6.45) is -1.84. The predicted octanol–water partition coefficient (Wildman–Crippen LogP) is 6.76. The van der Waals surface area contributed by atoms with Crippen LogP contribution >= 0.6 is 0 Å². The topological polar surface area (TPSA) is 99.3 Å². The van der Waals surface area contributed by atoms with Gasteiger partial charge in [-0.1, -0.05) is 48.5 Å². The van der Waals surface area contributed by atoms with Crippen LogP contribution in [0, 0.1) is 11.8 Å². The van der Waals surface area contributed by atoms with Crippen molar-refractivity contribution in [2.75, 3.05) is 43.1 Å². The molecular weight excluding hydrogens is 709 g/mol. The van der Waals surface area contributed by atoms with E-state index in [2.05, 4.69) is 22.3 Å². The number of alkyl halides is 3. The summed E-state index contributed by atoms with van der Waals surface area (Å²) in [4.78, 5) is 61.3. The van der Waals surface area contributed by atoms with Crippen LogP contribution in [0.5, 0.6) is 0 Å². The molecule has 1 N–H and O–H groups in total. The molecule has 0 aromatic heterocycles. The van der Waals surface area contributed by atoms with Gasteiger partial charge in [0, 0.05) is 31.0 Å². The fourth-order valence-electron chi connectivity index (χ4n) is 8.85. The number of carbonyl (C=O) groups is 4. The Hall–Kier alpha value is -5.49. The molecule has 0 spiro atoms. The van der Waals surface area contributed by atoms with E-state index in [4.69, 9.17) is 4.74 Å². The fraction of sp³-hybridized carbons (Fsp3) is 0.349. The number of ether oxygens (including phenoxy) is 1. The minimum absolute atomic E-state index is 0.0142. The van der Waals surface area contributed by atoms with Crippen molar-refractivity contribution in [3.63, 3.8) is 0 Å². The summed E-state index contributed by atoms with van der Waals surface area (Å²) >= 11 is 0. The second-order valence-corrected chi connectivity index (χ2v) is 15.0. The Morgan fingerprint density at radius 2 is 1.40 bits per heavy atom. The molecule has 2 fully saturated rings. The summed E-state index contributed by atoms with van der Waals surface area (Å²) in [5, 5.41) is 3.10. The van der Waals surface area contributed by atoms with Gasteiger partial charge in [0.15, 0.2) is 0 Å². The molecule has 8 rings (SSSR count). The van der Waals surface area contributed by atoms with Crippen LogP contribution in [0.4, 0.5) is 24.5 Å². The van der Waals surface area contributed by atoms with Crippen LogP contribution in [0.25, 0.3) is 0 Å². The summed E-state index contributed by atoms with van der Waals surface area (Å²) in [5.74, 6) is -2.04. The maximum Gasteiger partial charge on any atom is 0.416 e. The molecule has 9 nitrogen and oxygen atoms in total. The molecule has 0 bridgehead atoms. The van der Waals surface area contributed by atoms with E-state index in [0.29, 0.717) is 37.3 Å². The number of fused-ring (bicyclic) bond motifs is 3. The molecule has 4 aromatic carbocycles. The Morgan fingerprint density at radius 1 is 0.800 bits per heavy atom. The smallest absolute Gasteiger partial charge is 0.378 e. The van der Waals surface area contributed by atoms with E-state index in [-0.39, 0.29) is 42.3 Å². The van der Waals surface area contributed by atoms with Gasteiger partial charge in [-0.2, -0.15) is 13.2 Å². The summed E-state index contributed by atoms with van der Waals surface area (Å²) in [6.45, 7) is 1.89. The lowest BCUT2D eigenvalue weighted by molar-refractivity contribution is -0.151. The molecular formula is C43H41F3N4O5. The molecule has 2 aliphatic heterocycles. The number of morpholine rings is 1. The molecule has 55 heavy (non-hydrogen) atoms. The number of amides is 4. The van der Waals surface area contributed by atoms with Crippen molar-refractivity contribution in [2.45, 2.75) is 50.4 Å². The van der Waals surface area contributed by atoms with Crippen LogP contribution in [0.3, 0.4) is 0 Å². The van der Waals surface area contributed by atoms with Gasteiger partial charge in [-0.05, 0) is 109 Å². The van der Waals surface area contributed by atoms with Crippen LogP contribution in [-0.4, -0.2) is 71.8 Å². The number of nitrogens with zero attached hydrogens (tertiary/aromatic N) is 3. The Bertz CT molecular complexity index is 2080. The van der Waals surface area contributed by atoms with Crippen LogP contribution < -0.4 is 10.2 Å². The normalized spacial score (nSPS) is 22.1. The SMILES string of the molecule is O=C1c2ccccc2C(=O)N1CC(=O)N(Cc1ccc(C(F)(F)F)cc1)C1(C(=O)Nc2ccc(N3CCOCC3)cc2)CC[C@@H]2Cc3ccccc3C[C@H]2C1. The van der Waals surface area contributed by atoms with Gasteiger partial charge >= 0.3 is 6.18 Å². The van der Waals surface area contributed by atoms with Crippen molar-refractivity contribution in [1.29, 1.82) is 0 Å². The lowest BCUT2D eigenvalue weighted by atomic mass is 9.62. The zero-order valence-electron chi connectivity index (χ0n) is 30.2. The number of halogens is 3. The van der Waals surface area contributed by atoms with E-state index in [1.165, 1.54) is 40.3 Å². The Labute approximate surface area is 317 Å². The Kier molecular flexibility index (Phi) is 9.71. The van der Waals surface area contributed by atoms with Gasteiger partial charge in [0.2, 0.25) is 11.8 Å². The van der Waals surface area contributed by atoms with Gasteiger partial charge in [0.1, 0.15) is 12.1 Å². The van der Waals surface area contributed by atoms with E-state index in [0.717, 1.165) is 42.2 Å². The van der Waals surface area contributed by atoms with Crippen molar-refractivity contribution < 1.29 is 37.1 Å². The second kappa shape index (κ2) is 14.6. The average molecular weight is 751 g/mol. The summed E-state index contributed by atoms with van der Waals surface area (Å²) in [5.41, 5.74) is 2.41. The quantitative estimate of drug-likeness (QED) is 0.200. The largest absolute Gasteiger partial charge is 0.416 e. The predicted molar refractivity (Wildman–Crippen MR) is 199 cm³/mol. The third-order valence-electron chi connectivity index (χ3n) is 11.8. The van der Waals surface area contributed by atoms with Gasteiger partial charge < -0.3 is 19.9 Å². The minimum Gasteiger partial charge on any atom is -0.378 e. The van der Waals surface area contributed by atoms with Gasteiger partial charge in [-0.25, -0.2) is 0 Å². The molecule has 3 atom stereocenters. The molecule has 2 aliphatic carbocycles. The molecule has 0 radical (unpaired) electrons. The van der Waals surface area contributed by atoms with Crippen LogP contribution in [0.1, 0.15) is 62.2 Å². The summed E-state index contributed by atoms with van der Waals surface area (Å²) < 4.78 is 46.2. The first-order valence-corrected chi connectivity index (χ1v) is 18.7. The third-order valence-corrected chi connectivity index (χ3v) is 11.8. The number of nitrogens with one attached hydrogen (secondary N) is 1. The molecule has 2 heterocycles. The fourth-order valence-corrected chi connectivity index (χ4v) is 8.85. The number of anilines is 2. The summed E-state index contributed by atoms with van der Waals surface area (Å²) in [7, 11) is 0. The van der Waals surface area contributed by atoms with E-state index in [1.807, 2.05) is 36.4 Å². The van der Waals surface area contributed by atoms with Gasteiger partial charge in [0.05, 0.1) is 29.9 Å². The molecule has 4 aliphatic rings. The molecule has 1 saturated heterocycles. The zero-order valence-corrected chi connectivity index (χ0v) is 30.2. The molecule has 284 valence electrons. The zero-order chi connectivity index (χ0) is 38.3. The van der Waals surface area contributed by atoms with Crippen molar-refractivity contribution in [3.8, 4) is 0 Å². The lowest BCUT2D eigenvalue weighted by Gasteiger charge is -2.51. The lowest BCUT2D eigenvalue weighted by Crippen LogP contribution is -2.63. The van der Waals surface area contributed by atoms with Crippen molar-refractivity contribution in [1.82, 2.24) is 9.80 Å². The molecule has 1 unspecified atom stereocenters. The highest BCUT2D eigenvalue weighted by Gasteiger charge is 2.53. The number of hydrogen-bond acceptors (Lipinski definition) is 6. The first-order chi connectivity index (χ1) is 26.5. The first kappa shape index (κ1) is 36.5. The van der Waals surface area contributed by atoms with Gasteiger partial charge in [-0.15, -0.1) is 0 Å². The van der Waals surface area contributed by atoms with E-state index < -0.39 is 47.5 Å². The van der Waals surface area contributed by atoms with Crippen LogP contribution in [0.2, 0.25) is 0 Å². The van der Waals surface area contributed by atoms with E-state index in [9.17, 15) is 27.6 Å². The third kappa shape index (κ3) is 7.11. The summed E-state index contributed by atoms with van der Waals surface area (Å²) in [6, 6.07) is 26.6. The maximum atomic E-state index is 15.0. The van der Waals surface area contributed by atoms with Crippen molar-refractivity contribution in [2.24, 2.45) is 11.8 Å². The van der Waals surface area contributed by atoms with Gasteiger partial charge in [-0.3, -0.25) is 24.1 Å². The van der Waals surface area contributed by atoms with Crippen molar-refractivity contribution >= 4 is 35.0 Å². The molecule has 4 aromatic rings. The number of rotatable bonds is 8. The average Bonchev–Trinajstić information content (AvgIpc) is 3.44. The Balaban J connectivity index is 1.16. The molecule has 12 heteroatoms. The maximum absolute atomic E-state index is 15.0. The standard InChI is InChI=1S/C43H41F3N4O5/c44-43(45,46)33-11-9-28(10-12-33)26-50(38(51)27-49-39(52)36-7-3-4-8-37(36)40(49)53)42(18-17-31-23-29-5-1-2-6-30(29)24-32(31)25-42)41(54)47-34-13-15-35(16-14-34)48-19-21-55-22-20-48/h1-16,31-32H,17-27H2,(H,47,54)/t31-,32+,42?/m1/s1. The van der Waals surface area contributed by atoms with Crippen molar-refractivity contribution in [3.05, 3.63) is 130 Å².